The van der Waals surface area contributed by atoms with Crippen molar-refractivity contribution in [2.45, 2.75) is 20.3 Å². The minimum atomic E-state index is 0.284. The number of halogens is 1. The van der Waals surface area contributed by atoms with Crippen molar-refractivity contribution in [1.82, 2.24) is 15.0 Å². The maximum atomic E-state index is 5.97. The summed E-state index contributed by atoms with van der Waals surface area (Å²) in [5.41, 5.74) is 1.07. The highest BCUT2D eigenvalue weighted by atomic mass is 35.5. The number of aromatic nitrogens is 3. The van der Waals surface area contributed by atoms with Gasteiger partial charge in [0.15, 0.2) is 0 Å². The van der Waals surface area contributed by atoms with Crippen molar-refractivity contribution in [3.05, 3.63) is 32.3 Å². The molecule has 3 rings (SSSR count). The smallest absolute Gasteiger partial charge is 0.225 e. The van der Waals surface area contributed by atoms with Crippen molar-refractivity contribution in [3.63, 3.8) is 0 Å². The molecule has 0 aliphatic carbocycles. The summed E-state index contributed by atoms with van der Waals surface area (Å²) >= 11 is 9.28. The molecule has 3 heterocycles. The van der Waals surface area contributed by atoms with Crippen LogP contribution in [0.3, 0.4) is 0 Å². The number of hydrogen-bond acceptors (Lipinski definition) is 6. The van der Waals surface area contributed by atoms with E-state index in [9.17, 15) is 0 Å². The number of nitrogens with zero attached hydrogens (tertiary/aromatic N) is 3. The second-order valence-electron chi connectivity index (χ2n) is 4.48. The number of nitrogens with one attached hydrogen (secondary N) is 1. The van der Waals surface area contributed by atoms with Gasteiger partial charge >= 0.3 is 0 Å². The fourth-order valence-electron chi connectivity index (χ4n) is 1.96. The first-order valence-electron chi connectivity index (χ1n) is 6.20. The molecular formula is C13H13ClN4S2. The van der Waals surface area contributed by atoms with Gasteiger partial charge in [0.25, 0.3) is 0 Å². The van der Waals surface area contributed by atoms with E-state index in [-0.39, 0.29) is 5.28 Å². The molecule has 0 fully saturated rings. The first kappa shape index (κ1) is 13.7. The minimum Gasteiger partial charge on any atom is -0.369 e. The molecule has 0 aliphatic heterocycles. The fraction of sp³-hybridized carbons (Fsp3) is 0.308. The summed E-state index contributed by atoms with van der Waals surface area (Å²) in [6, 6.07) is 2.09. The van der Waals surface area contributed by atoms with Gasteiger partial charge < -0.3 is 5.32 Å². The van der Waals surface area contributed by atoms with Gasteiger partial charge in [0.1, 0.15) is 10.6 Å². The van der Waals surface area contributed by atoms with Crippen LogP contribution in [0.25, 0.3) is 10.2 Å². The van der Waals surface area contributed by atoms with Crippen molar-refractivity contribution in [3.8, 4) is 0 Å². The van der Waals surface area contributed by atoms with Gasteiger partial charge in [-0.25, -0.2) is 15.0 Å². The van der Waals surface area contributed by atoms with Gasteiger partial charge in [-0.15, -0.1) is 22.7 Å². The highest BCUT2D eigenvalue weighted by molar-refractivity contribution is 7.18. The molecule has 0 amide bonds. The van der Waals surface area contributed by atoms with Gasteiger partial charge in [-0.3, -0.25) is 0 Å². The quantitative estimate of drug-likeness (QED) is 0.735. The first-order chi connectivity index (χ1) is 9.61. The van der Waals surface area contributed by atoms with Crippen LogP contribution in [0.15, 0.2) is 11.4 Å². The van der Waals surface area contributed by atoms with Crippen LogP contribution in [0.1, 0.15) is 15.6 Å². The molecule has 0 saturated carbocycles. The zero-order chi connectivity index (χ0) is 14.1. The molecule has 3 aromatic rings. The highest BCUT2D eigenvalue weighted by Crippen LogP contribution is 2.29. The van der Waals surface area contributed by atoms with E-state index in [1.54, 1.807) is 22.7 Å². The predicted octanol–water partition coefficient (Wildman–Crippen LogP) is 4.07. The largest absolute Gasteiger partial charge is 0.369 e. The van der Waals surface area contributed by atoms with Crippen LogP contribution >= 0.6 is 34.3 Å². The Morgan fingerprint density at radius 3 is 2.85 bits per heavy atom. The molecular weight excluding hydrogens is 312 g/mol. The normalized spacial score (nSPS) is 11.2. The molecule has 1 N–H and O–H groups in total. The van der Waals surface area contributed by atoms with Crippen LogP contribution in [0.4, 0.5) is 5.82 Å². The number of anilines is 1. The molecule has 0 saturated heterocycles. The van der Waals surface area contributed by atoms with Crippen molar-refractivity contribution in [2.75, 3.05) is 11.9 Å². The summed E-state index contributed by atoms with van der Waals surface area (Å²) in [6.45, 7) is 4.85. The zero-order valence-corrected chi connectivity index (χ0v) is 13.5. The Kier molecular flexibility index (Phi) is 3.87. The molecule has 0 radical (unpaired) electrons. The minimum absolute atomic E-state index is 0.284. The fourth-order valence-corrected chi connectivity index (χ4v) is 3.83. The van der Waals surface area contributed by atoms with Crippen LogP contribution in [0.2, 0.25) is 5.28 Å². The molecule has 0 aliphatic rings. The van der Waals surface area contributed by atoms with E-state index in [4.69, 9.17) is 11.6 Å². The Morgan fingerprint density at radius 1 is 1.25 bits per heavy atom. The lowest BCUT2D eigenvalue weighted by molar-refractivity contribution is 0.978. The van der Waals surface area contributed by atoms with Gasteiger partial charge in [-0.05, 0) is 31.5 Å². The summed E-state index contributed by atoms with van der Waals surface area (Å²) in [4.78, 5) is 15.1. The monoisotopic (exact) mass is 324 g/mol. The standard InChI is InChI=1S/C13H13ClN4S2/c1-7-6-19-10(16-7)3-4-15-11-9-5-8(2)20-12(9)18-13(14)17-11/h5-6H,3-4H2,1-2H3,(H,15,17,18). The summed E-state index contributed by atoms with van der Waals surface area (Å²) in [7, 11) is 0. The van der Waals surface area contributed by atoms with Gasteiger partial charge in [0.05, 0.1) is 10.4 Å². The molecule has 20 heavy (non-hydrogen) atoms. The lowest BCUT2D eigenvalue weighted by atomic mass is 10.3. The SMILES string of the molecule is Cc1csc(CCNc2nc(Cl)nc3sc(C)cc23)n1. The van der Waals surface area contributed by atoms with E-state index in [1.165, 1.54) is 4.88 Å². The van der Waals surface area contributed by atoms with E-state index in [1.807, 2.05) is 6.92 Å². The van der Waals surface area contributed by atoms with E-state index < -0.39 is 0 Å². The Labute approximate surface area is 129 Å². The van der Waals surface area contributed by atoms with Gasteiger partial charge in [-0.1, -0.05) is 0 Å². The number of hydrogen-bond donors (Lipinski definition) is 1. The Bertz CT molecular complexity index is 750. The topological polar surface area (TPSA) is 50.7 Å². The Balaban J connectivity index is 1.76. The number of thiophene rings is 1. The molecule has 7 heteroatoms. The second-order valence-corrected chi connectivity index (χ2v) is 6.99. The maximum Gasteiger partial charge on any atom is 0.225 e. The summed E-state index contributed by atoms with van der Waals surface area (Å²) < 4.78 is 0. The number of fused-ring (bicyclic) bond motifs is 1. The molecule has 0 unspecified atom stereocenters. The third-order valence-electron chi connectivity index (χ3n) is 2.79. The third kappa shape index (κ3) is 2.92. The van der Waals surface area contributed by atoms with Gasteiger partial charge in [-0.2, -0.15) is 0 Å². The first-order valence-corrected chi connectivity index (χ1v) is 8.28. The van der Waals surface area contributed by atoms with E-state index >= 15 is 0 Å². The van der Waals surface area contributed by atoms with Crippen LogP contribution in [0, 0.1) is 13.8 Å². The van der Waals surface area contributed by atoms with Crippen molar-refractivity contribution >= 4 is 50.3 Å². The van der Waals surface area contributed by atoms with Crippen molar-refractivity contribution in [1.29, 1.82) is 0 Å². The van der Waals surface area contributed by atoms with Gasteiger partial charge in [0.2, 0.25) is 5.28 Å². The molecule has 0 spiro atoms. The summed E-state index contributed by atoms with van der Waals surface area (Å²) in [6.07, 6.45) is 0.880. The van der Waals surface area contributed by atoms with Gasteiger partial charge in [0, 0.05) is 28.9 Å². The van der Waals surface area contributed by atoms with Crippen molar-refractivity contribution < 1.29 is 0 Å². The molecule has 0 bridgehead atoms. The lowest BCUT2D eigenvalue weighted by Crippen LogP contribution is -2.07. The second kappa shape index (κ2) is 5.63. The number of aryl methyl sites for hydroxylation is 2. The van der Waals surface area contributed by atoms with Crippen LogP contribution < -0.4 is 5.32 Å². The molecule has 4 nitrogen and oxygen atoms in total. The maximum absolute atomic E-state index is 5.97. The van der Waals surface area contributed by atoms with E-state index in [0.29, 0.717) is 0 Å². The molecule has 104 valence electrons. The van der Waals surface area contributed by atoms with E-state index in [0.717, 1.165) is 39.7 Å². The summed E-state index contributed by atoms with van der Waals surface area (Å²) in [5, 5.41) is 7.86. The molecule has 0 atom stereocenters. The third-order valence-corrected chi connectivity index (χ3v) is 4.93. The Morgan fingerprint density at radius 2 is 2.10 bits per heavy atom. The van der Waals surface area contributed by atoms with E-state index in [2.05, 4.69) is 38.6 Å². The molecule has 0 aromatic carbocycles. The average Bonchev–Trinajstić information content (AvgIpc) is 2.94. The molecule has 3 aromatic heterocycles. The number of thiazole rings is 1. The van der Waals surface area contributed by atoms with Crippen LogP contribution in [0.5, 0.6) is 0 Å². The Hall–Kier alpha value is -1.24. The predicted molar refractivity (Wildman–Crippen MR) is 86.2 cm³/mol. The summed E-state index contributed by atoms with van der Waals surface area (Å²) in [5.74, 6) is 0.803. The lowest BCUT2D eigenvalue weighted by Gasteiger charge is -2.05. The van der Waals surface area contributed by atoms with Crippen LogP contribution in [-0.4, -0.2) is 21.5 Å². The van der Waals surface area contributed by atoms with Crippen molar-refractivity contribution in [2.24, 2.45) is 0 Å². The highest BCUT2D eigenvalue weighted by Gasteiger charge is 2.09. The average molecular weight is 325 g/mol. The zero-order valence-electron chi connectivity index (χ0n) is 11.1. The van der Waals surface area contributed by atoms with Crippen LogP contribution in [-0.2, 0) is 6.42 Å². The number of rotatable bonds is 4.